The maximum absolute atomic E-state index is 12.3. The number of morpholine rings is 1. The van der Waals surface area contributed by atoms with Gasteiger partial charge < -0.3 is 25.0 Å². The van der Waals surface area contributed by atoms with Gasteiger partial charge in [0.1, 0.15) is 12.4 Å². The first kappa shape index (κ1) is 34.6. The predicted octanol–water partition coefficient (Wildman–Crippen LogP) is 6.46. The molecule has 41 heavy (non-hydrogen) atoms. The van der Waals surface area contributed by atoms with Gasteiger partial charge in [-0.3, -0.25) is 14.5 Å². The Balaban J connectivity index is 0.00000110. The van der Waals surface area contributed by atoms with E-state index in [0.29, 0.717) is 37.5 Å². The van der Waals surface area contributed by atoms with Gasteiger partial charge in [-0.15, -0.1) is 0 Å². The number of hydrogen-bond donors (Lipinski definition) is 3. The zero-order chi connectivity index (χ0) is 30.5. The number of amides is 1. The van der Waals surface area contributed by atoms with Crippen molar-refractivity contribution in [1.82, 2.24) is 10.2 Å². The van der Waals surface area contributed by atoms with E-state index in [-0.39, 0.29) is 30.0 Å². The van der Waals surface area contributed by atoms with Crippen LogP contribution < -0.4 is 10.1 Å². The minimum Gasteiger partial charge on any atom is -0.516 e. The van der Waals surface area contributed by atoms with Crippen LogP contribution in [-0.2, 0) is 14.3 Å². The van der Waals surface area contributed by atoms with Gasteiger partial charge in [0, 0.05) is 24.5 Å². The Bertz CT molecular complexity index is 953. The molecule has 1 amide bonds. The number of aliphatic hydroxyl groups excluding tert-OH is 1. The number of nitrogens with zero attached hydrogens (tertiary/aromatic N) is 1. The Labute approximate surface area is 247 Å². The van der Waals surface area contributed by atoms with E-state index in [1.807, 2.05) is 26.0 Å². The van der Waals surface area contributed by atoms with E-state index >= 15 is 0 Å². The summed E-state index contributed by atoms with van der Waals surface area (Å²) in [6, 6.07) is 8.57. The second kappa shape index (κ2) is 16.8. The monoisotopic (exact) mass is 574 g/mol. The Morgan fingerprint density at radius 2 is 1.85 bits per heavy atom. The van der Waals surface area contributed by atoms with Crippen LogP contribution in [0.25, 0.3) is 0 Å². The number of hydrogen-bond acceptors (Lipinski definition) is 6. The van der Waals surface area contributed by atoms with Crippen molar-refractivity contribution in [1.29, 1.82) is 0 Å². The number of nitrogens with one attached hydrogen (secondary N) is 1. The second-order valence-electron chi connectivity index (χ2n) is 12.2. The minimum atomic E-state index is -0.780. The summed E-state index contributed by atoms with van der Waals surface area (Å²) >= 11 is 0. The van der Waals surface area contributed by atoms with Crippen molar-refractivity contribution < 1.29 is 29.3 Å². The Morgan fingerprint density at radius 3 is 2.46 bits per heavy atom. The first-order valence-electron chi connectivity index (χ1n) is 15.4. The second-order valence-corrected chi connectivity index (χ2v) is 12.2. The van der Waals surface area contributed by atoms with Crippen molar-refractivity contribution in [3.05, 3.63) is 42.7 Å². The highest BCUT2D eigenvalue weighted by molar-refractivity contribution is 5.79. The molecule has 2 aliphatic heterocycles. The zero-order valence-corrected chi connectivity index (χ0v) is 26.0. The molecule has 4 rings (SSSR count). The van der Waals surface area contributed by atoms with Crippen molar-refractivity contribution in [3.63, 3.8) is 0 Å². The quantitative estimate of drug-likeness (QED) is 0.230. The molecular weight excluding hydrogens is 520 g/mol. The molecule has 0 bridgehead atoms. The molecule has 8 heteroatoms. The molecule has 1 aromatic carbocycles. The average Bonchev–Trinajstić information content (AvgIpc) is 3.29. The van der Waals surface area contributed by atoms with Crippen LogP contribution in [0.4, 0.5) is 0 Å². The number of carboxylic acids is 1. The molecule has 1 spiro atoms. The Kier molecular flexibility index (Phi) is 14.2. The van der Waals surface area contributed by atoms with Gasteiger partial charge >= 0.3 is 5.97 Å². The van der Waals surface area contributed by atoms with Crippen LogP contribution in [0.2, 0.25) is 0 Å². The number of ether oxygens (including phenoxy) is 2. The molecule has 1 aliphatic carbocycles. The fourth-order valence-corrected chi connectivity index (χ4v) is 6.68. The molecule has 3 aliphatic rings. The van der Waals surface area contributed by atoms with E-state index in [0.717, 1.165) is 44.2 Å². The van der Waals surface area contributed by atoms with Gasteiger partial charge in [-0.25, -0.2) is 0 Å². The zero-order valence-electron chi connectivity index (χ0n) is 26.0. The lowest BCUT2D eigenvalue weighted by molar-refractivity contribution is -0.138. The summed E-state index contributed by atoms with van der Waals surface area (Å²) in [6.07, 6.45) is 9.34. The lowest BCUT2D eigenvalue weighted by Crippen LogP contribution is -2.64. The van der Waals surface area contributed by atoms with Crippen LogP contribution >= 0.6 is 0 Å². The van der Waals surface area contributed by atoms with Gasteiger partial charge in [0.05, 0.1) is 25.0 Å². The largest absolute Gasteiger partial charge is 0.516 e. The predicted molar refractivity (Wildman–Crippen MR) is 163 cm³/mol. The number of carbonyl (C=O) groups is 2. The van der Waals surface area contributed by atoms with Crippen molar-refractivity contribution in [2.24, 2.45) is 5.92 Å². The van der Waals surface area contributed by atoms with Crippen molar-refractivity contribution in [2.45, 2.75) is 115 Å². The van der Waals surface area contributed by atoms with Crippen molar-refractivity contribution >= 4 is 11.9 Å². The highest BCUT2D eigenvalue weighted by Crippen LogP contribution is 2.43. The van der Waals surface area contributed by atoms with Crippen LogP contribution in [0.3, 0.4) is 0 Å². The number of aliphatic hydroxyl groups is 1. The van der Waals surface area contributed by atoms with Crippen LogP contribution in [-0.4, -0.2) is 70.5 Å². The smallest absolute Gasteiger partial charge is 0.303 e. The van der Waals surface area contributed by atoms with Crippen LogP contribution in [0.5, 0.6) is 5.75 Å². The fraction of sp³-hybridized carbons (Fsp3) is 0.697. The number of benzene rings is 1. The molecule has 0 radical (unpaired) electrons. The molecule has 1 aromatic rings. The van der Waals surface area contributed by atoms with E-state index in [9.17, 15) is 9.59 Å². The first-order valence-corrected chi connectivity index (χ1v) is 15.4. The molecule has 1 saturated carbocycles. The molecular formula is C33H54N2O6. The van der Waals surface area contributed by atoms with Crippen molar-refractivity contribution in [2.75, 3.05) is 26.4 Å². The summed E-state index contributed by atoms with van der Waals surface area (Å²) in [5, 5.41) is 19.5. The summed E-state index contributed by atoms with van der Waals surface area (Å²) in [5.74, 6) is 1.34. The number of carbonyl (C=O) groups excluding carboxylic acids is 1. The summed E-state index contributed by atoms with van der Waals surface area (Å²) in [6.45, 7) is 16.0. The Morgan fingerprint density at radius 1 is 1.20 bits per heavy atom. The molecule has 8 nitrogen and oxygen atoms in total. The molecule has 2 atom stereocenters. The number of carboxylic acid groups (broad SMARTS) is 1. The van der Waals surface area contributed by atoms with Gasteiger partial charge in [0.15, 0.2) is 0 Å². The third kappa shape index (κ3) is 10.0. The summed E-state index contributed by atoms with van der Waals surface area (Å²) in [7, 11) is 0. The number of likely N-dealkylation sites (tertiary alicyclic amines) is 1. The topological polar surface area (TPSA) is 108 Å². The maximum atomic E-state index is 12.3. The molecule has 2 saturated heterocycles. The van der Waals surface area contributed by atoms with E-state index in [1.165, 1.54) is 24.8 Å². The number of aliphatic carboxylic acids is 1. The van der Waals surface area contributed by atoms with Gasteiger partial charge in [-0.1, -0.05) is 38.6 Å². The standard InChI is InChI=1S/C29H44N2O5.C2H4O.C2H6/c1-28(2,3)31-17-16-29(20-35-19-26(32)30-29)25(31)15-12-21-10-13-22(14-11-21)23-7-4-5-8-24(23)36-18-6-9-27(33)34;1-2-3;1-2/h4-5,7-8,21-22,25H,6,9-20H2,1-3H3,(H,30,32)(H,33,34);2-3H,1H2;1-2H3. The molecule has 3 N–H and O–H groups in total. The maximum Gasteiger partial charge on any atom is 0.303 e. The molecule has 0 aromatic heterocycles. The van der Waals surface area contributed by atoms with Crippen LogP contribution in [0.1, 0.15) is 104 Å². The summed E-state index contributed by atoms with van der Waals surface area (Å²) in [4.78, 5) is 25.6. The first-order chi connectivity index (χ1) is 19.6. The highest BCUT2D eigenvalue weighted by Gasteiger charge is 2.52. The third-order valence-electron chi connectivity index (χ3n) is 8.50. The third-order valence-corrected chi connectivity index (χ3v) is 8.50. The fourth-order valence-electron chi connectivity index (χ4n) is 6.68. The average molecular weight is 575 g/mol. The normalized spacial score (nSPS) is 26.2. The number of rotatable bonds is 9. The van der Waals surface area contributed by atoms with Gasteiger partial charge in [-0.2, -0.15) is 0 Å². The van der Waals surface area contributed by atoms with E-state index in [4.69, 9.17) is 19.7 Å². The van der Waals surface area contributed by atoms with E-state index < -0.39 is 5.97 Å². The summed E-state index contributed by atoms with van der Waals surface area (Å²) in [5.41, 5.74) is 1.07. The minimum absolute atomic E-state index is 0.0198. The van der Waals surface area contributed by atoms with Gasteiger partial charge in [0.25, 0.3) is 0 Å². The molecule has 232 valence electrons. The van der Waals surface area contributed by atoms with E-state index in [1.54, 1.807) is 0 Å². The lowest BCUT2D eigenvalue weighted by Gasteiger charge is -2.45. The summed E-state index contributed by atoms with van der Waals surface area (Å²) < 4.78 is 11.7. The molecule has 2 heterocycles. The van der Waals surface area contributed by atoms with Crippen LogP contribution in [0, 0.1) is 5.92 Å². The van der Waals surface area contributed by atoms with E-state index in [2.05, 4.69) is 49.7 Å². The SMILES string of the molecule is C=CO.CC.CC(C)(C)N1CCC2(COCC(=O)N2)C1CCC1CCC(c2ccccc2OCCCC(=O)O)CC1. The Hall–Kier alpha value is -2.58. The molecule has 2 unspecified atom stereocenters. The van der Waals surface area contributed by atoms with Gasteiger partial charge in [0.2, 0.25) is 5.91 Å². The highest BCUT2D eigenvalue weighted by atomic mass is 16.5. The van der Waals surface area contributed by atoms with Crippen LogP contribution in [0.15, 0.2) is 37.1 Å². The van der Waals surface area contributed by atoms with Crippen molar-refractivity contribution in [3.8, 4) is 5.75 Å². The van der Waals surface area contributed by atoms with Gasteiger partial charge in [-0.05, 0) is 95.6 Å². The molecule has 3 fully saturated rings. The lowest BCUT2D eigenvalue weighted by atomic mass is 9.75. The number of para-hydroxylation sites is 1.